The van der Waals surface area contributed by atoms with Crippen LogP contribution in [0.5, 0.6) is 0 Å². The minimum atomic E-state index is -0.457. The smallest absolute Gasteiger partial charge is 0.879 e. The van der Waals surface area contributed by atoms with Crippen molar-refractivity contribution in [2.75, 3.05) is 60.0 Å². The van der Waals surface area contributed by atoms with Crippen LogP contribution in [0.15, 0.2) is 83.9 Å². The number of nitrogens with zero attached hydrogens (tertiary/aromatic N) is 2. The molecule has 0 radical (unpaired) electrons. The number of hydrogen-bond donors (Lipinski definition) is 0. The number of aliphatic imine (C=N–C) groups is 1. The number of rotatable bonds is 4. The zero-order chi connectivity index (χ0) is 32.0. The first-order valence-electron chi connectivity index (χ1n) is 14.6. The topological polar surface area (TPSA) is 49.5 Å². The van der Waals surface area contributed by atoms with Crippen molar-refractivity contribution < 1.29 is 24.6 Å². The van der Waals surface area contributed by atoms with Gasteiger partial charge in [-0.3, -0.25) is 0 Å². The molecule has 3 aromatic carbocycles. The zero-order valence-electron chi connectivity index (χ0n) is 28.8. The van der Waals surface area contributed by atoms with Gasteiger partial charge < -0.3 is 15.4 Å². The molecule has 0 fully saturated rings. The molecule has 236 valence electrons. The maximum absolute atomic E-state index is 12.2. The van der Waals surface area contributed by atoms with Crippen molar-refractivity contribution in [3.8, 4) is 0 Å². The Hall–Kier alpha value is -1.16. The summed E-state index contributed by atoms with van der Waals surface area (Å²) in [6, 6.07) is 25.1. The monoisotopic (exact) mass is 719 g/mol. The van der Waals surface area contributed by atoms with E-state index in [2.05, 4.69) is 117 Å². The minimum Gasteiger partial charge on any atom is -0.879 e. The maximum atomic E-state index is 12.2. The second-order valence-electron chi connectivity index (χ2n) is 12.1. The molecular formula is C35H60N2OP3Ru+3. The summed E-state index contributed by atoms with van der Waals surface area (Å²) in [5.74, 6) is 0.615. The van der Waals surface area contributed by atoms with Gasteiger partial charge in [0.05, 0.1) is 0 Å². The standard InChI is InChI=1S/C19H23N2O.C7H8.3C3H9P.Ru/c1-13(2)16-11-8-12-17(14(3)4)18(16)21-19(22)20-15-9-6-5-7-10-15;1-7-5-3-2-4-6-7;3*1-4(2)3;/h5-14H,1-4H3,(H-,20,21,22);2-6H,1H3;3*1-3H3;/q-1;;;;;+2/p+2. The van der Waals surface area contributed by atoms with E-state index < -0.39 is 6.02 Å². The molecule has 0 saturated carbocycles. The Bertz CT molecular complexity index is 1010. The fraction of sp³-hybridized carbons (Fsp3) is 0.457. The van der Waals surface area contributed by atoms with Gasteiger partial charge in [0.15, 0.2) is 0 Å². The molecule has 0 aliphatic heterocycles. The molecule has 42 heavy (non-hydrogen) atoms. The average molecular weight is 719 g/mol. The minimum absolute atomic E-state index is 0. The number of amidine groups is 1. The quantitative estimate of drug-likeness (QED) is 0.115. The Balaban J connectivity index is -0.000000619. The van der Waals surface area contributed by atoms with Crippen LogP contribution in [0.1, 0.15) is 56.2 Å². The predicted octanol–water partition coefficient (Wildman–Crippen LogP) is 10.2. The molecule has 3 nitrogen and oxygen atoms in total. The zero-order valence-corrected chi connectivity index (χ0v) is 33.6. The Labute approximate surface area is 276 Å². The maximum Gasteiger partial charge on any atom is 2.00 e. The Morgan fingerprint density at radius 2 is 0.929 bits per heavy atom. The first-order valence-corrected chi connectivity index (χ1v) is 23.6. The Morgan fingerprint density at radius 3 is 1.21 bits per heavy atom. The van der Waals surface area contributed by atoms with Gasteiger partial charge in [-0.1, -0.05) is 112 Å². The molecule has 0 bridgehead atoms. The third-order valence-corrected chi connectivity index (χ3v) is 4.47. The van der Waals surface area contributed by atoms with Crippen LogP contribution >= 0.6 is 23.8 Å². The van der Waals surface area contributed by atoms with Gasteiger partial charge in [0.1, 0.15) is 0 Å². The van der Waals surface area contributed by atoms with Crippen LogP contribution < -0.4 is 5.11 Å². The van der Waals surface area contributed by atoms with E-state index in [9.17, 15) is 5.11 Å². The van der Waals surface area contributed by atoms with Crippen LogP contribution in [0.25, 0.3) is 5.32 Å². The molecule has 0 aromatic heterocycles. The molecular weight excluding hydrogens is 658 g/mol. The molecule has 0 saturated heterocycles. The van der Waals surface area contributed by atoms with Gasteiger partial charge in [-0.25, -0.2) is 0 Å². The summed E-state index contributed by atoms with van der Waals surface area (Å²) >= 11 is 0. The van der Waals surface area contributed by atoms with Crippen molar-refractivity contribution in [1.29, 1.82) is 0 Å². The first-order chi connectivity index (χ1) is 19.1. The summed E-state index contributed by atoms with van der Waals surface area (Å²) in [5, 5.41) is 16.5. The van der Waals surface area contributed by atoms with Crippen molar-refractivity contribution in [2.24, 2.45) is 4.99 Å². The first kappa shape index (κ1) is 45.3. The third kappa shape index (κ3) is 27.7. The largest absolute Gasteiger partial charge is 2.00 e. The van der Waals surface area contributed by atoms with Crippen molar-refractivity contribution in [3.05, 3.63) is 101 Å². The summed E-state index contributed by atoms with van der Waals surface area (Å²) in [4.78, 5) is 4.05. The van der Waals surface area contributed by atoms with E-state index in [1.807, 2.05) is 54.6 Å². The van der Waals surface area contributed by atoms with Crippen LogP contribution in [0.4, 0.5) is 11.4 Å². The molecule has 3 aromatic rings. The molecule has 0 amide bonds. The Morgan fingerprint density at radius 1 is 0.595 bits per heavy atom. The molecule has 7 heteroatoms. The number of benzene rings is 3. The van der Waals surface area contributed by atoms with Gasteiger partial charge in [0.2, 0.25) is 0 Å². The van der Waals surface area contributed by atoms with Crippen LogP contribution in [0.2, 0.25) is 0 Å². The number of aryl methyl sites for hydroxylation is 1. The summed E-state index contributed by atoms with van der Waals surface area (Å²) in [6.45, 7) is 30.9. The molecule has 0 atom stereocenters. The normalized spacial score (nSPS) is 10.3. The molecule has 0 heterocycles. The number of para-hydroxylation sites is 2. The summed E-state index contributed by atoms with van der Waals surface area (Å²) in [7, 11) is 0.361. The van der Waals surface area contributed by atoms with Crippen molar-refractivity contribution in [2.45, 2.75) is 46.5 Å². The Kier molecular flexibility index (Phi) is 29.5. The molecule has 0 aliphatic carbocycles. The van der Waals surface area contributed by atoms with Gasteiger partial charge >= 0.3 is 19.5 Å². The van der Waals surface area contributed by atoms with Crippen molar-refractivity contribution in [1.82, 2.24) is 0 Å². The second-order valence-corrected chi connectivity index (χ2v) is 21.1. The summed E-state index contributed by atoms with van der Waals surface area (Å²) in [6.07, 6.45) is 0. The van der Waals surface area contributed by atoms with Crippen molar-refractivity contribution in [3.63, 3.8) is 0 Å². The SMILES string of the molecule is CC(C)c1cccc(C(C)C)c1[N-]C([O-])=Nc1ccccc1.C[PH+](C)C.C[PH+](C)C.C[PH+](C)C.Cc1ccccc1.[Ru+2]. The van der Waals surface area contributed by atoms with Gasteiger partial charge in [0.25, 0.3) is 0 Å². The van der Waals surface area contributed by atoms with E-state index in [1.54, 1.807) is 12.1 Å². The summed E-state index contributed by atoms with van der Waals surface area (Å²) < 4.78 is 0. The van der Waals surface area contributed by atoms with Gasteiger partial charge in [-0.05, 0) is 65.0 Å². The van der Waals surface area contributed by atoms with E-state index in [1.165, 1.54) is 5.56 Å². The van der Waals surface area contributed by atoms with Gasteiger partial charge in [-0.15, -0.1) is 6.02 Å². The van der Waals surface area contributed by atoms with Crippen LogP contribution in [-0.2, 0) is 19.5 Å². The third-order valence-electron chi connectivity index (χ3n) is 4.47. The van der Waals surface area contributed by atoms with E-state index >= 15 is 0 Å². The summed E-state index contributed by atoms with van der Waals surface area (Å²) in [5.41, 5.74) is 4.90. The van der Waals surface area contributed by atoms with Crippen LogP contribution in [0, 0.1) is 6.92 Å². The second kappa shape index (κ2) is 27.4. The fourth-order valence-corrected chi connectivity index (χ4v) is 2.91. The molecule has 0 aliphatic rings. The van der Waals surface area contributed by atoms with Crippen LogP contribution in [0.3, 0.4) is 0 Å². The molecule has 0 unspecified atom stereocenters. The number of hydrogen-bond acceptors (Lipinski definition) is 2. The van der Waals surface area contributed by atoms with E-state index in [0.717, 1.165) is 16.8 Å². The predicted molar refractivity (Wildman–Crippen MR) is 201 cm³/mol. The van der Waals surface area contributed by atoms with E-state index in [4.69, 9.17) is 0 Å². The fourth-order valence-electron chi connectivity index (χ4n) is 2.91. The van der Waals surface area contributed by atoms with E-state index in [-0.39, 0.29) is 43.2 Å². The van der Waals surface area contributed by atoms with Gasteiger partial charge in [-0.2, -0.15) is 0 Å². The molecule has 3 rings (SSSR count). The average Bonchev–Trinajstić information content (AvgIpc) is 2.84. The molecule has 0 N–H and O–H groups in total. The van der Waals surface area contributed by atoms with E-state index in [0.29, 0.717) is 17.5 Å². The van der Waals surface area contributed by atoms with Crippen LogP contribution in [-0.4, -0.2) is 66.0 Å². The molecule has 0 spiro atoms. The van der Waals surface area contributed by atoms with Gasteiger partial charge in [0, 0.05) is 60.0 Å². The van der Waals surface area contributed by atoms with Crippen molar-refractivity contribution >= 4 is 41.2 Å².